The third-order valence-electron chi connectivity index (χ3n) is 2.31. The minimum absolute atomic E-state index is 0.00921. The molecule has 5 heteroatoms. The second kappa shape index (κ2) is 4.23. The van der Waals surface area contributed by atoms with Gasteiger partial charge in [0.2, 0.25) is 0 Å². The number of amides is 1. The fraction of sp³-hybridized carbons (Fsp3) is 0.556. The lowest BCUT2D eigenvalue weighted by atomic mass is 10.3. The van der Waals surface area contributed by atoms with Crippen molar-refractivity contribution in [1.82, 2.24) is 15.4 Å². The van der Waals surface area contributed by atoms with Crippen LogP contribution >= 0.6 is 0 Å². The van der Waals surface area contributed by atoms with Gasteiger partial charge in [0.1, 0.15) is 6.26 Å². The van der Waals surface area contributed by atoms with E-state index >= 15 is 0 Å². The van der Waals surface area contributed by atoms with Gasteiger partial charge in [-0.2, -0.15) is 0 Å². The van der Waals surface area contributed by atoms with Crippen molar-refractivity contribution < 1.29 is 9.32 Å². The zero-order valence-corrected chi connectivity index (χ0v) is 7.90. The Morgan fingerprint density at radius 2 is 2.43 bits per heavy atom. The number of rotatable bonds is 1. The van der Waals surface area contributed by atoms with Crippen LogP contribution in [0.5, 0.6) is 0 Å². The van der Waals surface area contributed by atoms with Gasteiger partial charge in [-0.3, -0.25) is 4.79 Å². The summed E-state index contributed by atoms with van der Waals surface area (Å²) in [7, 11) is 0. The highest BCUT2D eigenvalue weighted by atomic mass is 16.5. The number of hydrogen-bond donors (Lipinski definition) is 1. The van der Waals surface area contributed by atoms with E-state index in [2.05, 4.69) is 15.0 Å². The summed E-state index contributed by atoms with van der Waals surface area (Å²) < 4.78 is 4.64. The third-order valence-corrected chi connectivity index (χ3v) is 2.31. The maximum atomic E-state index is 11.8. The molecule has 1 aromatic heterocycles. The maximum Gasteiger partial charge on any atom is 0.258 e. The molecule has 2 rings (SSSR count). The summed E-state index contributed by atoms with van der Waals surface area (Å²) in [6, 6.07) is 0. The molecule has 0 spiro atoms. The van der Waals surface area contributed by atoms with Crippen molar-refractivity contribution in [2.75, 3.05) is 26.2 Å². The fourth-order valence-electron chi connectivity index (χ4n) is 1.54. The predicted molar refractivity (Wildman–Crippen MR) is 49.9 cm³/mol. The predicted octanol–water partition coefficient (Wildman–Crippen LogP) is 0.110. The molecule has 1 aliphatic heterocycles. The molecular formula is C9H13N3O2. The Hall–Kier alpha value is -1.36. The van der Waals surface area contributed by atoms with Crippen molar-refractivity contribution in [2.45, 2.75) is 6.42 Å². The van der Waals surface area contributed by atoms with Gasteiger partial charge < -0.3 is 14.7 Å². The Balaban J connectivity index is 2.03. The molecule has 1 aromatic rings. The molecule has 0 radical (unpaired) electrons. The largest absolute Gasteiger partial charge is 0.364 e. The number of carbonyl (C=O) groups is 1. The average Bonchev–Trinajstić information content (AvgIpc) is 2.59. The quantitative estimate of drug-likeness (QED) is 0.691. The average molecular weight is 195 g/mol. The highest BCUT2D eigenvalue weighted by Gasteiger charge is 2.17. The van der Waals surface area contributed by atoms with Crippen molar-refractivity contribution in [1.29, 1.82) is 0 Å². The van der Waals surface area contributed by atoms with Crippen LogP contribution in [-0.4, -0.2) is 42.1 Å². The number of nitrogens with zero attached hydrogens (tertiary/aromatic N) is 2. The number of hydrogen-bond acceptors (Lipinski definition) is 4. The second-order valence-electron chi connectivity index (χ2n) is 3.31. The van der Waals surface area contributed by atoms with Gasteiger partial charge in [0.15, 0.2) is 0 Å². The Bertz CT molecular complexity index is 289. The number of nitrogens with one attached hydrogen (secondary N) is 1. The van der Waals surface area contributed by atoms with Gasteiger partial charge in [-0.1, -0.05) is 5.16 Å². The lowest BCUT2D eigenvalue weighted by Crippen LogP contribution is -2.33. The summed E-state index contributed by atoms with van der Waals surface area (Å²) in [6.07, 6.45) is 3.85. The summed E-state index contributed by atoms with van der Waals surface area (Å²) in [4.78, 5) is 13.6. The van der Waals surface area contributed by atoms with E-state index in [0.717, 1.165) is 32.6 Å². The molecule has 1 fully saturated rings. The molecule has 14 heavy (non-hydrogen) atoms. The van der Waals surface area contributed by atoms with Crippen molar-refractivity contribution in [2.24, 2.45) is 0 Å². The van der Waals surface area contributed by atoms with Crippen LogP contribution in [0.4, 0.5) is 0 Å². The first kappa shape index (κ1) is 9.21. The maximum absolute atomic E-state index is 11.8. The van der Waals surface area contributed by atoms with E-state index in [9.17, 15) is 4.79 Å². The Morgan fingerprint density at radius 1 is 1.50 bits per heavy atom. The highest BCUT2D eigenvalue weighted by Crippen LogP contribution is 2.05. The molecular weight excluding hydrogens is 182 g/mol. The van der Waals surface area contributed by atoms with Crippen molar-refractivity contribution >= 4 is 5.91 Å². The smallest absolute Gasteiger partial charge is 0.258 e. The van der Waals surface area contributed by atoms with Gasteiger partial charge in [-0.25, -0.2) is 0 Å². The molecule has 76 valence electrons. The zero-order valence-electron chi connectivity index (χ0n) is 7.90. The summed E-state index contributed by atoms with van der Waals surface area (Å²) in [5.74, 6) is 0.00921. The molecule has 2 heterocycles. The molecule has 5 nitrogen and oxygen atoms in total. The van der Waals surface area contributed by atoms with Crippen LogP contribution in [0.2, 0.25) is 0 Å². The van der Waals surface area contributed by atoms with Gasteiger partial charge in [0.25, 0.3) is 5.91 Å². The number of aromatic nitrogens is 1. The second-order valence-corrected chi connectivity index (χ2v) is 3.31. The minimum Gasteiger partial charge on any atom is -0.364 e. The lowest BCUT2D eigenvalue weighted by molar-refractivity contribution is 0.0765. The van der Waals surface area contributed by atoms with Gasteiger partial charge >= 0.3 is 0 Å². The van der Waals surface area contributed by atoms with Gasteiger partial charge in [0, 0.05) is 19.6 Å². The van der Waals surface area contributed by atoms with Crippen LogP contribution in [-0.2, 0) is 0 Å². The molecule has 0 saturated carbocycles. The van der Waals surface area contributed by atoms with Gasteiger partial charge in [0.05, 0.1) is 11.8 Å². The van der Waals surface area contributed by atoms with Crippen LogP contribution < -0.4 is 5.32 Å². The topological polar surface area (TPSA) is 58.4 Å². The fourth-order valence-corrected chi connectivity index (χ4v) is 1.54. The Labute approximate surface area is 82.1 Å². The van der Waals surface area contributed by atoms with E-state index in [-0.39, 0.29) is 5.91 Å². The summed E-state index contributed by atoms with van der Waals surface area (Å²) in [6.45, 7) is 3.39. The monoisotopic (exact) mass is 195 g/mol. The molecule has 1 aliphatic rings. The molecule has 1 N–H and O–H groups in total. The molecule has 0 unspecified atom stereocenters. The molecule has 0 aromatic carbocycles. The first-order valence-electron chi connectivity index (χ1n) is 4.77. The van der Waals surface area contributed by atoms with Crippen molar-refractivity contribution in [3.05, 3.63) is 18.0 Å². The van der Waals surface area contributed by atoms with E-state index in [1.54, 1.807) is 0 Å². The summed E-state index contributed by atoms with van der Waals surface area (Å²) in [5.41, 5.74) is 0.534. The van der Waals surface area contributed by atoms with Crippen LogP contribution in [0.3, 0.4) is 0 Å². The van der Waals surface area contributed by atoms with E-state index < -0.39 is 0 Å². The lowest BCUT2D eigenvalue weighted by Gasteiger charge is -2.18. The van der Waals surface area contributed by atoms with Crippen molar-refractivity contribution in [3.8, 4) is 0 Å². The van der Waals surface area contributed by atoms with Crippen LogP contribution in [0, 0.1) is 0 Å². The van der Waals surface area contributed by atoms with Crippen LogP contribution in [0.1, 0.15) is 16.8 Å². The van der Waals surface area contributed by atoms with E-state index in [0.29, 0.717) is 5.56 Å². The first-order chi connectivity index (χ1) is 6.88. The van der Waals surface area contributed by atoms with Crippen molar-refractivity contribution in [3.63, 3.8) is 0 Å². The van der Waals surface area contributed by atoms with Gasteiger partial charge in [-0.15, -0.1) is 0 Å². The normalized spacial score (nSPS) is 17.9. The SMILES string of the molecule is O=C(c1cnoc1)N1CCCNCC1. The summed E-state index contributed by atoms with van der Waals surface area (Å²) >= 11 is 0. The van der Waals surface area contributed by atoms with E-state index in [1.165, 1.54) is 12.5 Å². The molecule has 0 bridgehead atoms. The standard InChI is InChI=1S/C9H13N3O2/c13-9(8-6-11-14-7-8)12-4-1-2-10-3-5-12/h6-7,10H,1-5H2. The minimum atomic E-state index is 0.00921. The molecule has 1 saturated heterocycles. The Kier molecular flexibility index (Phi) is 2.78. The first-order valence-corrected chi connectivity index (χ1v) is 4.77. The zero-order chi connectivity index (χ0) is 9.80. The molecule has 1 amide bonds. The van der Waals surface area contributed by atoms with Crippen LogP contribution in [0.25, 0.3) is 0 Å². The van der Waals surface area contributed by atoms with Crippen LogP contribution in [0.15, 0.2) is 17.0 Å². The third kappa shape index (κ3) is 1.93. The molecule has 0 atom stereocenters. The summed E-state index contributed by atoms with van der Waals surface area (Å²) in [5, 5.41) is 6.77. The van der Waals surface area contributed by atoms with E-state index in [4.69, 9.17) is 0 Å². The molecule has 0 aliphatic carbocycles. The van der Waals surface area contributed by atoms with E-state index in [1.807, 2.05) is 4.90 Å². The van der Waals surface area contributed by atoms with Gasteiger partial charge in [-0.05, 0) is 13.0 Å². The highest BCUT2D eigenvalue weighted by molar-refractivity contribution is 5.93. The number of carbonyl (C=O) groups excluding carboxylic acids is 1. The Morgan fingerprint density at radius 3 is 3.21 bits per heavy atom.